The van der Waals surface area contributed by atoms with Crippen LogP contribution < -0.4 is 5.32 Å². The van der Waals surface area contributed by atoms with Crippen molar-refractivity contribution in [2.24, 2.45) is 0 Å². The Morgan fingerprint density at radius 3 is 2.71 bits per heavy atom. The summed E-state index contributed by atoms with van der Waals surface area (Å²) in [5.74, 6) is -0.102. The van der Waals surface area contributed by atoms with Crippen molar-refractivity contribution in [3.8, 4) is 0 Å². The molecule has 1 heterocycles. The van der Waals surface area contributed by atoms with Crippen LogP contribution in [0.1, 0.15) is 37.0 Å². The zero-order chi connectivity index (χ0) is 10.7. The summed E-state index contributed by atoms with van der Waals surface area (Å²) >= 11 is 0. The van der Waals surface area contributed by atoms with Crippen LogP contribution in [0, 0.1) is 6.92 Å². The van der Waals surface area contributed by atoms with Gasteiger partial charge in [-0.15, -0.1) is 0 Å². The first-order chi connectivity index (χ1) is 6.54. The Kier molecular flexibility index (Phi) is 3.28. The zero-order valence-corrected chi connectivity index (χ0v) is 9.16. The molecule has 14 heavy (non-hydrogen) atoms. The lowest BCUT2D eigenvalue weighted by Crippen LogP contribution is -2.30. The number of carbonyl (C=O) groups is 1. The molecule has 0 saturated carbocycles. The lowest BCUT2D eigenvalue weighted by molar-refractivity contribution is 0.0937. The second-order valence-electron chi connectivity index (χ2n) is 3.61. The molecule has 0 aliphatic carbocycles. The molecule has 0 aromatic carbocycles. The number of nitrogens with one attached hydrogen (secondary N) is 1. The summed E-state index contributed by atoms with van der Waals surface area (Å²) in [5, 5.41) is 6.99. The van der Waals surface area contributed by atoms with Gasteiger partial charge in [-0.25, -0.2) is 0 Å². The van der Waals surface area contributed by atoms with Gasteiger partial charge in [0.15, 0.2) is 0 Å². The van der Waals surface area contributed by atoms with E-state index in [1.807, 2.05) is 32.4 Å². The summed E-state index contributed by atoms with van der Waals surface area (Å²) in [4.78, 5) is 11.5. The quantitative estimate of drug-likeness (QED) is 0.791. The third-order valence-corrected chi connectivity index (χ3v) is 1.93. The van der Waals surface area contributed by atoms with Crippen LogP contribution in [0.3, 0.4) is 0 Å². The molecule has 1 aromatic rings. The molecule has 0 bridgehead atoms. The molecule has 0 atom stereocenters. The van der Waals surface area contributed by atoms with E-state index in [9.17, 15) is 4.79 Å². The third kappa shape index (κ3) is 2.34. The average Bonchev–Trinajstić information content (AvgIpc) is 2.45. The Labute approximate surface area is 84.3 Å². The van der Waals surface area contributed by atoms with Gasteiger partial charge in [0, 0.05) is 18.3 Å². The molecule has 4 heteroatoms. The molecule has 0 unspecified atom stereocenters. The maximum Gasteiger partial charge on any atom is 0.271 e. The van der Waals surface area contributed by atoms with Crippen molar-refractivity contribution >= 4 is 5.91 Å². The molecule has 1 aromatic heterocycles. The van der Waals surface area contributed by atoms with Gasteiger partial charge >= 0.3 is 0 Å². The minimum absolute atomic E-state index is 0.102. The molecule has 4 nitrogen and oxygen atoms in total. The van der Waals surface area contributed by atoms with Crippen molar-refractivity contribution in [3.63, 3.8) is 0 Å². The number of amides is 1. The van der Waals surface area contributed by atoms with Crippen molar-refractivity contribution in [3.05, 3.63) is 17.5 Å². The van der Waals surface area contributed by atoms with Crippen LogP contribution in [-0.4, -0.2) is 21.7 Å². The van der Waals surface area contributed by atoms with Gasteiger partial charge in [-0.3, -0.25) is 9.48 Å². The Morgan fingerprint density at radius 1 is 1.64 bits per heavy atom. The Bertz CT molecular complexity index is 328. The van der Waals surface area contributed by atoms with Crippen LogP contribution in [0.2, 0.25) is 0 Å². The average molecular weight is 195 g/mol. The van der Waals surface area contributed by atoms with E-state index in [0.717, 1.165) is 12.2 Å². The summed E-state index contributed by atoms with van der Waals surface area (Å²) in [6.45, 7) is 8.61. The molecular formula is C10H17N3O. The van der Waals surface area contributed by atoms with E-state index in [4.69, 9.17) is 0 Å². The number of nitrogens with zero attached hydrogens (tertiary/aromatic N) is 2. The summed E-state index contributed by atoms with van der Waals surface area (Å²) in [6, 6.07) is 1.95. The predicted octanol–water partition coefficient (Wildman–Crippen LogP) is 1.35. The third-order valence-electron chi connectivity index (χ3n) is 1.93. The molecule has 0 aliphatic rings. The summed E-state index contributed by atoms with van der Waals surface area (Å²) in [5.41, 5.74) is 1.51. The first kappa shape index (κ1) is 10.8. The largest absolute Gasteiger partial charge is 0.348 e. The van der Waals surface area contributed by atoms with Crippen molar-refractivity contribution in [2.75, 3.05) is 0 Å². The van der Waals surface area contributed by atoms with E-state index >= 15 is 0 Å². The zero-order valence-electron chi connectivity index (χ0n) is 9.16. The molecule has 78 valence electrons. The standard InChI is InChI=1S/C10H17N3O/c1-5-13-8(4)6-9(12-13)10(14)11-7(2)3/h6-7H,5H2,1-4H3,(H,11,14). The SMILES string of the molecule is CCn1nc(C(=O)NC(C)C)cc1C. The Balaban J connectivity index is 2.80. The fourth-order valence-corrected chi connectivity index (χ4v) is 1.28. The highest BCUT2D eigenvalue weighted by atomic mass is 16.2. The van der Waals surface area contributed by atoms with Gasteiger partial charge in [-0.1, -0.05) is 0 Å². The number of carbonyl (C=O) groups excluding carboxylic acids is 1. The normalized spacial score (nSPS) is 10.6. The smallest absolute Gasteiger partial charge is 0.271 e. The molecule has 1 N–H and O–H groups in total. The molecule has 0 fully saturated rings. The topological polar surface area (TPSA) is 46.9 Å². The number of hydrogen-bond acceptors (Lipinski definition) is 2. The van der Waals surface area contributed by atoms with Crippen LogP contribution in [0.25, 0.3) is 0 Å². The molecule has 1 amide bonds. The van der Waals surface area contributed by atoms with E-state index < -0.39 is 0 Å². The number of rotatable bonds is 3. The van der Waals surface area contributed by atoms with Crippen molar-refractivity contribution < 1.29 is 4.79 Å². The molecule has 0 saturated heterocycles. The van der Waals surface area contributed by atoms with Crippen LogP contribution in [-0.2, 0) is 6.54 Å². The molecule has 0 aliphatic heterocycles. The van der Waals surface area contributed by atoms with Crippen LogP contribution >= 0.6 is 0 Å². The summed E-state index contributed by atoms with van der Waals surface area (Å²) in [6.07, 6.45) is 0. The summed E-state index contributed by atoms with van der Waals surface area (Å²) < 4.78 is 1.81. The van der Waals surface area contributed by atoms with E-state index in [1.165, 1.54) is 0 Å². The molecule has 0 radical (unpaired) electrons. The highest BCUT2D eigenvalue weighted by Gasteiger charge is 2.11. The maximum absolute atomic E-state index is 11.5. The van der Waals surface area contributed by atoms with Crippen molar-refractivity contribution in [1.82, 2.24) is 15.1 Å². The number of aromatic nitrogens is 2. The minimum Gasteiger partial charge on any atom is -0.348 e. The van der Waals surface area contributed by atoms with Gasteiger partial charge in [0.2, 0.25) is 0 Å². The van der Waals surface area contributed by atoms with Crippen LogP contribution in [0.5, 0.6) is 0 Å². The number of hydrogen-bond donors (Lipinski definition) is 1. The van der Waals surface area contributed by atoms with E-state index in [1.54, 1.807) is 6.07 Å². The van der Waals surface area contributed by atoms with Gasteiger partial charge in [-0.05, 0) is 33.8 Å². The monoisotopic (exact) mass is 195 g/mol. The van der Waals surface area contributed by atoms with E-state index in [2.05, 4.69) is 10.4 Å². The maximum atomic E-state index is 11.5. The first-order valence-corrected chi connectivity index (χ1v) is 4.90. The van der Waals surface area contributed by atoms with Gasteiger partial charge in [0.05, 0.1) is 0 Å². The summed E-state index contributed by atoms with van der Waals surface area (Å²) in [7, 11) is 0. The van der Waals surface area contributed by atoms with Crippen molar-refractivity contribution in [1.29, 1.82) is 0 Å². The van der Waals surface area contributed by atoms with Gasteiger partial charge < -0.3 is 5.32 Å². The lowest BCUT2D eigenvalue weighted by Gasteiger charge is -2.05. The lowest BCUT2D eigenvalue weighted by atomic mass is 10.3. The molecular weight excluding hydrogens is 178 g/mol. The fraction of sp³-hybridized carbons (Fsp3) is 0.600. The van der Waals surface area contributed by atoms with Crippen molar-refractivity contribution in [2.45, 2.75) is 40.3 Å². The fourth-order valence-electron chi connectivity index (χ4n) is 1.28. The Morgan fingerprint density at radius 2 is 2.29 bits per heavy atom. The van der Waals surface area contributed by atoms with E-state index in [-0.39, 0.29) is 11.9 Å². The molecule has 1 rings (SSSR count). The highest BCUT2D eigenvalue weighted by Crippen LogP contribution is 2.03. The van der Waals surface area contributed by atoms with E-state index in [0.29, 0.717) is 5.69 Å². The minimum atomic E-state index is -0.102. The van der Waals surface area contributed by atoms with Crippen LogP contribution in [0.15, 0.2) is 6.07 Å². The number of aryl methyl sites for hydroxylation is 2. The van der Waals surface area contributed by atoms with Crippen LogP contribution in [0.4, 0.5) is 0 Å². The second-order valence-corrected chi connectivity index (χ2v) is 3.61. The molecule has 0 spiro atoms. The first-order valence-electron chi connectivity index (χ1n) is 4.90. The van der Waals surface area contributed by atoms with Gasteiger partial charge in [0.25, 0.3) is 5.91 Å². The Hall–Kier alpha value is -1.32. The predicted molar refractivity (Wildman–Crippen MR) is 55.2 cm³/mol. The second kappa shape index (κ2) is 4.26. The van der Waals surface area contributed by atoms with Gasteiger partial charge in [0.1, 0.15) is 5.69 Å². The highest BCUT2D eigenvalue weighted by molar-refractivity contribution is 5.92. The van der Waals surface area contributed by atoms with Gasteiger partial charge in [-0.2, -0.15) is 5.10 Å².